The molecule has 0 aliphatic carbocycles. The molecule has 0 atom stereocenters. The lowest BCUT2D eigenvalue weighted by atomic mass is 9.80. The summed E-state index contributed by atoms with van der Waals surface area (Å²) in [4.78, 5) is 14.3. The first-order valence-corrected chi connectivity index (χ1v) is 7.03. The lowest BCUT2D eigenvalue weighted by Crippen LogP contribution is -2.43. The van der Waals surface area contributed by atoms with Gasteiger partial charge in [0.15, 0.2) is 5.82 Å². The van der Waals surface area contributed by atoms with Crippen LogP contribution in [0.3, 0.4) is 0 Å². The van der Waals surface area contributed by atoms with Crippen molar-refractivity contribution in [2.75, 3.05) is 32.4 Å². The Morgan fingerprint density at radius 1 is 1.38 bits per heavy atom. The van der Waals surface area contributed by atoms with Crippen LogP contribution in [0.15, 0.2) is 12.1 Å². The van der Waals surface area contributed by atoms with E-state index in [2.05, 4.69) is 24.2 Å². The van der Waals surface area contributed by atoms with Crippen molar-refractivity contribution in [3.05, 3.63) is 29.3 Å². The van der Waals surface area contributed by atoms with Gasteiger partial charge in [-0.2, -0.15) is 0 Å². The normalized spacial score (nSPS) is 18.5. The molecule has 1 fully saturated rings. The highest BCUT2D eigenvalue weighted by molar-refractivity contribution is 5.95. The number of nitrogens with one attached hydrogen (secondary N) is 1. The zero-order valence-electron chi connectivity index (χ0n) is 12.4. The summed E-state index contributed by atoms with van der Waals surface area (Å²) < 4.78 is 27.4. The SMILES string of the molecule is CN1CCC(C)(CNC(=O)c2c(F)ccc(N)c2F)CC1. The Kier molecular flexibility index (Phi) is 4.46. The van der Waals surface area contributed by atoms with Gasteiger partial charge in [0, 0.05) is 6.54 Å². The van der Waals surface area contributed by atoms with Crippen molar-refractivity contribution in [2.45, 2.75) is 19.8 Å². The number of likely N-dealkylation sites (tertiary alicyclic amines) is 1. The van der Waals surface area contributed by atoms with Crippen LogP contribution in [-0.4, -0.2) is 37.5 Å². The summed E-state index contributed by atoms with van der Waals surface area (Å²) in [6.45, 7) is 4.38. The van der Waals surface area contributed by atoms with E-state index in [9.17, 15) is 13.6 Å². The number of nitrogens with two attached hydrogens (primary N) is 1. The van der Waals surface area contributed by atoms with Gasteiger partial charge in [-0.25, -0.2) is 8.78 Å². The lowest BCUT2D eigenvalue weighted by molar-refractivity contribution is 0.0883. The second-order valence-electron chi connectivity index (χ2n) is 6.12. The molecular formula is C15H21F2N3O. The van der Waals surface area contributed by atoms with Crippen LogP contribution < -0.4 is 11.1 Å². The maximum Gasteiger partial charge on any atom is 0.257 e. The average Bonchev–Trinajstić information content (AvgIpc) is 2.45. The third kappa shape index (κ3) is 3.50. The van der Waals surface area contributed by atoms with Crippen LogP contribution in [0, 0.1) is 17.0 Å². The number of piperidine rings is 1. The Labute approximate surface area is 123 Å². The number of hydrogen-bond acceptors (Lipinski definition) is 3. The molecule has 1 saturated heterocycles. The molecule has 0 aromatic heterocycles. The molecule has 116 valence electrons. The van der Waals surface area contributed by atoms with Crippen molar-refractivity contribution >= 4 is 11.6 Å². The molecule has 0 saturated carbocycles. The minimum Gasteiger partial charge on any atom is -0.396 e. The number of nitrogen functional groups attached to an aromatic ring is 1. The van der Waals surface area contributed by atoms with Crippen molar-refractivity contribution in [2.24, 2.45) is 5.41 Å². The van der Waals surface area contributed by atoms with Gasteiger partial charge in [-0.3, -0.25) is 4.79 Å². The molecule has 1 heterocycles. The third-order valence-electron chi connectivity index (χ3n) is 4.22. The molecule has 0 radical (unpaired) electrons. The Bertz CT molecular complexity index is 540. The fourth-order valence-electron chi connectivity index (χ4n) is 2.49. The zero-order valence-corrected chi connectivity index (χ0v) is 12.4. The largest absolute Gasteiger partial charge is 0.396 e. The minimum absolute atomic E-state index is 0.0462. The molecule has 0 spiro atoms. The highest BCUT2D eigenvalue weighted by Gasteiger charge is 2.30. The van der Waals surface area contributed by atoms with Gasteiger partial charge in [0.1, 0.15) is 11.4 Å². The lowest BCUT2D eigenvalue weighted by Gasteiger charge is -2.37. The minimum atomic E-state index is -0.999. The molecular weight excluding hydrogens is 276 g/mol. The van der Waals surface area contributed by atoms with Crippen LogP contribution in [0.25, 0.3) is 0 Å². The monoisotopic (exact) mass is 297 g/mol. The van der Waals surface area contributed by atoms with E-state index in [0.29, 0.717) is 6.54 Å². The van der Waals surface area contributed by atoms with Gasteiger partial charge in [-0.15, -0.1) is 0 Å². The van der Waals surface area contributed by atoms with Gasteiger partial charge in [0.2, 0.25) is 0 Å². The standard InChI is InChI=1S/C15H21F2N3O/c1-15(5-7-20(2)8-6-15)9-19-14(21)12-10(16)3-4-11(18)13(12)17/h3-4H,5-9,18H2,1-2H3,(H,19,21). The molecule has 1 amide bonds. The second kappa shape index (κ2) is 5.97. The first-order chi connectivity index (χ1) is 9.82. The van der Waals surface area contributed by atoms with E-state index < -0.39 is 23.1 Å². The van der Waals surface area contributed by atoms with E-state index in [-0.39, 0.29) is 11.1 Å². The number of amides is 1. The van der Waals surface area contributed by atoms with Crippen LogP contribution >= 0.6 is 0 Å². The summed E-state index contributed by atoms with van der Waals surface area (Å²) in [7, 11) is 2.05. The van der Waals surface area contributed by atoms with E-state index in [4.69, 9.17) is 5.73 Å². The molecule has 0 unspecified atom stereocenters. The summed E-state index contributed by atoms with van der Waals surface area (Å²) >= 11 is 0. The quantitative estimate of drug-likeness (QED) is 0.839. The summed E-state index contributed by atoms with van der Waals surface area (Å²) in [5.41, 5.74) is 4.50. The van der Waals surface area contributed by atoms with Gasteiger partial charge in [0.05, 0.1) is 5.69 Å². The highest BCUT2D eigenvalue weighted by atomic mass is 19.1. The van der Waals surface area contributed by atoms with Gasteiger partial charge in [0.25, 0.3) is 5.91 Å². The number of halogens is 2. The van der Waals surface area contributed by atoms with E-state index in [0.717, 1.165) is 38.1 Å². The zero-order chi connectivity index (χ0) is 15.6. The van der Waals surface area contributed by atoms with E-state index >= 15 is 0 Å². The summed E-state index contributed by atoms with van der Waals surface area (Å²) in [5.74, 6) is -2.65. The van der Waals surface area contributed by atoms with Crippen LogP contribution in [-0.2, 0) is 0 Å². The third-order valence-corrected chi connectivity index (χ3v) is 4.22. The van der Waals surface area contributed by atoms with Crippen molar-refractivity contribution in [3.63, 3.8) is 0 Å². The Balaban J connectivity index is 2.04. The first-order valence-electron chi connectivity index (χ1n) is 7.03. The number of carbonyl (C=O) groups is 1. The van der Waals surface area contributed by atoms with Crippen molar-refractivity contribution in [3.8, 4) is 0 Å². The van der Waals surface area contributed by atoms with E-state index in [1.54, 1.807) is 0 Å². The van der Waals surface area contributed by atoms with Gasteiger partial charge in [-0.1, -0.05) is 6.92 Å². The number of hydrogen-bond donors (Lipinski definition) is 2. The van der Waals surface area contributed by atoms with Gasteiger partial charge < -0.3 is 16.0 Å². The molecule has 1 aliphatic heterocycles. The number of benzene rings is 1. The predicted octanol–water partition coefficient (Wildman–Crippen LogP) is 2.01. The molecule has 2 rings (SSSR count). The maximum absolute atomic E-state index is 13.8. The number of nitrogens with zero attached hydrogens (tertiary/aromatic N) is 1. The Hall–Kier alpha value is -1.69. The summed E-state index contributed by atoms with van der Waals surface area (Å²) in [6.07, 6.45) is 1.87. The fourth-order valence-corrected chi connectivity index (χ4v) is 2.49. The van der Waals surface area contributed by atoms with Crippen molar-refractivity contribution in [1.82, 2.24) is 10.2 Å². The van der Waals surface area contributed by atoms with Crippen LogP contribution in [0.4, 0.5) is 14.5 Å². The van der Waals surface area contributed by atoms with E-state index in [1.807, 2.05) is 0 Å². The highest BCUT2D eigenvalue weighted by Crippen LogP contribution is 2.29. The topological polar surface area (TPSA) is 58.4 Å². The molecule has 1 aromatic rings. The Morgan fingerprint density at radius 2 is 2.00 bits per heavy atom. The molecule has 3 N–H and O–H groups in total. The molecule has 0 bridgehead atoms. The van der Waals surface area contributed by atoms with Crippen LogP contribution in [0.2, 0.25) is 0 Å². The maximum atomic E-state index is 13.8. The van der Waals surface area contributed by atoms with Gasteiger partial charge >= 0.3 is 0 Å². The number of carbonyl (C=O) groups excluding carboxylic acids is 1. The second-order valence-corrected chi connectivity index (χ2v) is 6.12. The molecule has 1 aliphatic rings. The fraction of sp³-hybridized carbons (Fsp3) is 0.533. The molecule has 21 heavy (non-hydrogen) atoms. The summed E-state index contributed by atoms with van der Waals surface area (Å²) in [5, 5.41) is 2.64. The van der Waals surface area contributed by atoms with Crippen LogP contribution in [0.1, 0.15) is 30.1 Å². The number of rotatable bonds is 3. The molecule has 4 nitrogen and oxygen atoms in total. The van der Waals surface area contributed by atoms with Crippen LogP contribution in [0.5, 0.6) is 0 Å². The molecule has 1 aromatic carbocycles. The van der Waals surface area contributed by atoms with Crippen molar-refractivity contribution in [1.29, 1.82) is 0 Å². The van der Waals surface area contributed by atoms with Crippen molar-refractivity contribution < 1.29 is 13.6 Å². The first kappa shape index (κ1) is 15.7. The van der Waals surface area contributed by atoms with Gasteiger partial charge in [-0.05, 0) is 50.5 Å². The smallest absolute Gasteiger partial charge is 0.257 e. The summed E-state index contributed by atoms with van der Waals surface area (Å²) in [6, 6.07) is 2.12. The molecule has 6 heteroatoms. The van der Waals surface area contributed by atoms with E-state index in [1.165, 1.54) is 0 Å². The average molecular weight is 297 g/mol. The number of anilines is 1. The predicted molar refractivity (Wildman–Crippen MR) is 77.9 cm³/mol. The Morgan fingerprint density at radius 3 is 2.62 bits per heavy atom.